The summed E-state index contributed by atoms with van der Waals surface area (Å²) in [6, 6.07) is 12.6. The van der Waals surface area contributed by atoms with Crippen molar-refractivity contribution >= 4 is 17.4 Å². The van der Waals surface area contributed by atoms with Gasteiger partial charge in [0.2, 0.25) is 0 Å². The minimum atomic E-state index is 0.989. The van der Waals surface area contributed by atoms with E-state index in [1.165, 1.54) is 10.5 Å². The van der Waals surface area contributed by atoms with E-state index in [2.05, 4.69) is 71.4 Å². The molecule has 3 heteroatoms. The third kappa shape index (κ3) is 4.38. The standard InChI is InChI=1S/C15H14N2S.2C2H6/c1-11-3-5-12(6-4-11)14-10-17-9-13(18-2)7-8-15(17)16-14;2*1-2/h3-10H,1-2H3;2*1-2H3. The first-order valence-corrected chi connectivity index (χ1v) is 9.08. The molecule has 2 nitrogen and oxygen atoms in total. The van der Waals surface area contributed by atoms with E-state index in [0.29, 0.717) is 0 Å². The van der Waals surface area contributed by atoms with Crippen LogP contribution >= 0.6 is 11.8 Å². The molecule has 0 spiro atoms. The first-order chi connectivity index (χ1) is 10.8. The zero-order valence-electron chi connectivity index (χ0n) is 14.4. The highest BCUT2D eigenvalue weighted by molar-refractivity contribution is 7.98. The quantitative estimate of drug-likeness (QED) is 0.533. The van der Waals surface area contributed by atoms with Gasteiger partial charge in [0, 0.05) is 22.9 Å². The summed E-state index contributed by atoms with van der Waals surface area (Å²) in [5.41, 5.74) is 4.44. The lowest BCUT2D eigenvalue weighted by Crippen LogP contribution is -1.82. The molecule has 2 aromatic heterocycles. The van der Waals surface area contributed by atoms with Gasteiger partial charge >= 0.3 is 0 Å². The van der Waals surface area contributed by atoms with E-state index in [0.717, 1.165) is 16.9 Å². The maximum absolute atomic E-state index is 4.64. The van der Waals surface area contributed by atoms with Gasteiger partial charge in [0.05, 0.1) is 5.69 Å². The van der Waals surface area contributed by atoms with Crippen molar-refractivity contribution in [2.45, 2.75) is 39.5 Å². The van der Waals surface area contributed by atoms with E-state index in [-0.39, 0.29) is 0 Å². The van der Waals surface area contributed by atoms with Gasteiger partial charge in [-0.25, -0.2) is 4.98 Å². The van der Waals surface area contributed by atoms with Crippen LogP contribution in [0.2, 0.25) is 0 Å². The normalized spacial score (nSPS) is 9.55. The molecule has 118 valence electrons. The Labute approximate surface area is 138 Å². The molecule has 0 aliphatic rings. The number of hydrogen-bond acceptors (Lipinski definition) is 2. The number of rotatable bonds is 2. The van der Waals surface area contributed by atoms with E-state index in [1.54, 1.807) is 11.8 Å². The van der Waals surface area contributed by atoms with Gasteiger partial charge in [-0.15, -0.1) is 11.8 Å². The topological polar surface area (TPSA) is 17.3 Å². The highest BCUT2D eigenvalue weighted by Crippen LogP contribution is 2.21. The van der Waals surface area contributed by atoms with Crippen molar-refractivity contribution in [3.8, 4) is 11.3 Å². The first kappa shape index (κ1) is 18.3. The van der Waals surface area contributed by atoms with Crippen molar-refractivity contribution < 1.29 is 0 Å². The molecule has 0 radical (unpaired) electrons. The predicted octanol–water partition coefficient (Wildman–Crippen LogP) is 6.08. The summed E-state index contributed by atoms with van der Waals surface area (Å²) in [6.45, 7) is 10.1. The third-order valence-electron chi connectivity index (χ3n) is 3.01. The molecule has 0 aliphatic heterocycles. The van der Waals surface area contributed by atoms with Crippen LogP contribution in [0.15, 0.2) is 53.7 Å². The lowest BCUT2D eigenvalue weighted by atomic mass is 10.1. The third-order valence-corrected chi connectivity index (χ3v) is 3.72. The van der Waals surface area contributed by atoms with Gasteiger partial charge in [-0.1, -0.05) is 57.5 Å². The van der Waals surface area contributed by atoms with Crippen molar-refractivity contribution in [3.05, 3.63) is 54.4 Å². The highest BCUT2D eigenvalue weighted by atomic mass is 32.2. The van der Waals surface area contributed by atoms with Gasteiger partial charge in [0.25, 0.3) is 0 Å². The zero-order chi connectivity index (χ0) is 16.5. The Morgan fingerprint density at radius 2 is 1.50 bits per heavy atom. The molecule has 0 saturated heterocycles. The molecule has 1 aromatic carbocycles. The van der Waals surface area contributed by atoms with Crippen molar-refractivity contribution in [1.29, 1.82) is 0 Å². The summed E-state index contributed by atoms with van der Waals surface area (Å²) >= 11 is 1.74. The van der Waals surface area contributed by atoms with Gasteiger partial charge in [0.15, 0.2) is 0 Å². The molecule has 0 N–H and O–H groups in total. The molecule has 0 amide bonds. The van der Waals surface area contributed by atoms with Crippen LogP contribution in [0, 0.1) is 6.92 Å². The Balaban J connectivity index is 0.000000561. The van der Waals surface area contributed by atoms with Crippen molar-refractivity contribution in [1.82, 2.24) is 9.38 Å². The van der Waals surface area contributed by atoms with Crippen LogP contribution in [0.1, 0.15) is 33.3 Å². The summed E-state index contributed by atoms with van der Waals surface area (Å²) < 4.78 is 2.08. The number of pyridine rings is 1. The number of aryl methyl sites for hydroxylation is 1. The van der Waals surface area contributed by atoms with Crippen LogP contribution in [0.25, 0.3) is 16.9 Å². The summed E-state index contributed by atoms with van der Waals surface area (Å²) in [5, 5.41) is 0. The fourth-order valence-electron chi connectivity index (χ4n) is 1.96. The summed E-state index contributed by atoms with van der Waals surface area (Å²) in [4.78, 5) is 5.89. The van der Waals surface area contributed by atoms with Crippen molar-refractivity contribution in [2.75, 3.05) is 6.26 Å². The molecule has 0 saturated carbocycles. The Morgan fingerprint density at radius 3 is 2.09 bits per heavy atom. The number of thioether (sulfide) groups is 1. The summed E-state index contributed by atoms with van der Waals surface area (Å²) in [5.74, 6) is 0. The van der Waals surface area contributed by atoms with Gasteiger partial charge in [-0.2, -0.15) is 0 Å². The minimum Gasteiger partial charge on any atom is -0.305 e. The summed E-state index contributed by atoms with van der Waals surface area (Å²) in [6.07, 6.45) is 6.28. The van der Waals surface area contributed by atoms with Crippen LogP contribution in [0.4, 0.5) is 0 Å². The van der Waals surface area contributed by atoms with Gasteiger partial charge in [-0.05, 0) is 25.3 Å². The highest BCUT2D eigenvalue weighted by Gasteiger charge is 2.04. The molecule has 0 atom stereocenters. The lowest BCUT2D eigenvalue weighted by Gasteiger charge is -1.96. The number of imidazole rings is 1. The average Bonchev–Trinajstić information content (AvgIpc) is 3.02. The van der Waals surface area contributed by atoms with E-state index in [9.17, 15) is 0 Å². The second-order valence-electron chi connectivity index (χ2n) is 4.33. The number of benzene rings is 1. The number of fused-ring (bicyclic) bond motifs is 1. The molecule has 0 bridgehead atoms. The Morgan fingerprint density at radius 1 is 0.864 bits per heavy atom. The maximum Gasteiger partial charge on any atom is 0.137 e. The Kier molecular flexibility index (Phi) is 7.75. The fourth-order valence-corrected chi connectivity index (χ4v) is 2.38. The van der Waals surface area contributed by atoms with Crippen LogP contribution in [0.3, 0.4) is 0 Å². The second kappa shape index (κ2) is 9.31. The van der Waals surface area contributed by atoms with Crippen molar-refractivity contribution in [2.24, 2.45) is 0 Å². The van der Waals surface area contributed by atoms with E-state index < -0.39 is 0 Å². The predicted molar refractivity (Wildman–Crippen MR) is 99.8 cm³/mol. The van der Waals surface area contributed by atoms with Crippen LogP contribution in [-0.2, 0) is 0 Å². The van der Waals surface area contributed by atoms with Crippen molar-refractivity contribution in [3.63, 3.8) is 0 Å². The number of aromatic nitrogens is 2. The molecular formula is C19H26N2S. The van der Waals surface area contributed by atoms with Crippen LogP contribution in [-0.4, -0.2) is 15.6 Å². The molecule has 0 fully saturated rings. The Bertz CT molecular complexity index is 684. The average molecular weight is 314 g/mol. The monoisotopic (exact) mass is 314 g/mol. The molecule has 2 heterocycles. The number of nitrogens with zero attached hydrogens (tertiary/aromatic N) is 2. The second-order valence-corrected chi connectivity index (χ2v) is 5.21. The zero-order valence-corrected chi connectivity index (χ0v) is 15.2. The first-order valence-electron chi connectivity index (χ1n) is 7.86. The van der Waals surface area contributed by atoms with E-state index >= 15 is 0 Å². The van der Waals surface area contributed by atoms with Crippen LogP contribution in [0.5, 0.6) is 0 Å². The molecule has 22 heavy (non-hydrogen) atoms. The molecule has 0 aliphatic carbocycles. The molecule has 3 rings (SSSR count). The maximum atomic E-state index is 4.64. The molecule has 0 unspecified atom stereocenters. The lowest BCUT2D eigenvalue weighted by molar-refractivity contribution is 1.13. The SMILES string of the molecule is CC.CC.CSc1ccc2nc(-c3ccc(C)cc3)cn2c1. The largest absolute Gasteiger partial charge is 0.305 e. The minimum absolute atomic E-state index is 0.989. The molecular weight excluding hydrogens is 288 g/mol. The Hall–Kier alpha value is -1.74. The summed E-state index contributed by atoms with van der Waals surface area (Å²) in [7, 11) is 0. The van der Waals surface area contributed by atoms with Gasteiger partial charge < -0.3 is 4.40 Å². The van der Waals surface area contributed by atoms with E-state index in [1.807, 2.05) is 27.7 Å². The van der Waals surface area contributed by atoms with E-state index in [4.69, 9.17) is 0 Å². The molecule has 3 aromatic rings. The smallest absolute Gasteiger partial charge is 0.137 e. The fraction of sp³-hybridized carbons (Fsp3) is 0.316. The van der Waals surface area contributed by atoms with Gasteiger partial charge in [-0.3, -0.25) is 0 Å². The number of hydrogen-bond donors (Lipinski definition) is 0. The van der Waals surface area contributed by atoms with Gasteiger partial charge in [0.1, 0.15) is 5.65 Å². The van der Waals surface area contributed by atoms with Crippen LogP contribution < -0.4 is 0 Å².